The molecule has 3 saturated heterocycles. The number of fused-ring (bicyclic) bond motifs is 4. The van der Waals surface area contributed by atoms with Crippen molar-refractivity contribution in [2.45, 2.75) is 37.5 Å². The molecule has 7 rings (SSSR count). The van der Waals surface area contributed by atoms with Crippen LogP contribution in [0.2, 0.25) is 5.02 Å². The van der Waals surface area contributed by atoms with E-state index in [1.54, 1.807) is 19.4 Å². The van der Waals surface area contributed by atoms with Gasteiger partial charge in [-0.1, -0.05) is 41.9 Å². The van der Waals surface area contributed by atoms with E-state index >= 15 is 4.39 Å². The van der Waals surface area contributed by atoms with E-state index in [0.29, 0.717) is 40.0 Å². The summed E-state index contributed by atoms with van der Waals surface area (Å²) in [6.45, 7) is 3.93. The van der Waals surface area contributed by atoms with Crippen LogP contribution in [-0.2, 0) is 4.74 Å². The van der Waals surface area contributed by atoms with Crippen molar-refractivity contribution < 1.29 is 13.9 Å². The second-order valence-electron chi connectivity index (χ2n) is 10.8. The van der Waals surface area contributed by atoms with E-state index in [-0.39, 0.29) is 17.2 Å². The molecule has 40 heavy (non-hydrogen) atoms. The molecule has 3 atom stereocenters. The Morgan fingerprint density at radius 2 is 1.75 bits per heavy atom. The largest absolute Gasteiger partial charge is 0.467 e. The Hall–Kier alpha value is -3.11. The summed E-state index contributed by atoms with van der Waals surface area (Å²) in [5.74, 6) is 0.161. The molecule has 2 aromatic heterocycles. The topological polar surface area (TPSA) is 75.6 Å². The van der Waals surface area contributed by atoms with Crippen LogP contribution in [0.4, 0.5) is 10.2 Å². The Labute approximate surface area is 238 Å². The second kappa shape index (κ2) is 11.4. The number of hydrogen-bond donors (Lipinski definition) is 1. The standard InChI is InChI=1S/C24H21ClFN5O.C6H13NO/c1-32-24-29-22-17(23(30-24)31-11-14-8-9-15(12-31)28-14)10-27-21(20(22)26)16-6-2-4-13-5-3-7-18(25)19(13)16;1-7-4-3-6(5-7)8-2/h2-7,10,14-15,28H,8-9,11-12H2,1H3;6H,3-5H2,1-2H3. The highest BCUT2D eigenvalue weighted by Gasteiger charge is 2.34. The molecule has 3 fully saturated rings. The second-order valence-corrected chi connectivity index (χ2v) is 11.2. The summed E-state index contributed by atoms with van der Waals surface area (Å²) >= 11 is 6.48. The number of nitrogens with zero attached hydrogens (tertiary/aromatic N) is 5. The lowest BCUT2D eigenvalue weighted by atomic mass is 10.0. The van der Waals surface area contributed by atoms with Crippen molar-refractivity contribution in [3.05, 3.63) is 53.4 Å². The zero-order chi connectivity index (χ0) is 27.8. The van der Waals surface area contributed by atoms with Gasteiger partial charge in [0.2, 0.25) is 0 Å². The monoisotopic (exact) mass is 564 g/mol. The molecule has 5 heterocycles. The van der Waals surface area contributed by atoms with Crippen LogP contribution in [0.3, 0.4) is 0 Å². The van der Waals surface area contributed by atoms with Crippen molar-refractivity contribution in [3.8, 4) is 17.3 Å². The molecular formula is C30H34ClFN6O2. The summed E-state index contributed by atoms with van der Waals surface area (Å²) < 4.78 is 26.4. The summed E-state index contributed by atoms with van der Waals surface area (Å²) in [5, 5.41) is 6.44. The van der Waals surface area contributed by atoms with Gasteiger partial charge in [0.1, 0.15) is 17.0 Å². The van der Waals surface area contributed by atoms with Gasteiger partial charge in [0.25, 0.3) is 0 Å². The number of pyridine rings is 1. The highest BCUT2D eigenvalue weighted by atomic mass is 35.5. The van der Waals surface area contributed by atoms with Crippen molar-refractivity contribution in [3.63, 3.8) is 0 Å². The Morgan fingerprint density at radius 3 is 2.40 bits per heavy atom. The third-order valence-electron chi connectivity index (χ3n) is 8.13. The molecule has 0 spiro atoms. The molecule has 4 aromatic rings. The van der Waals surface area contributed by atoms with Gasteiger partial charge < -0.3 is 24.6 Å². The van der Waals surface area contributed by atoms with Crippen LogP contribution in [0, 0.1) is 5.82 Å². The van der Waals surface area contributed by atoms with E-state index in [1.165, 1.54) is 20.1 Å². The van der Waals surface area contributed by atoms with Gasteiger partial charge in [-0.05, 0) is 37.8 Å². The smallest absolute Gasteiger partial charge is 0.318 e. The zero-order valence-electron chi connectivity index (χ0n) is 23.0. The normalized spacial score (nSPS) is 22.5. The van der Waals surface area contributed by atoms with E-state index in [0.717, 1.165) is 43.2 Å². The molecule has 3 aliphatic rings. The fourth-order valence-electron chi connectivity index (χ4n) is 6.09. The fourth-order valence-corrected chi connectivity index (χ4v) is 6.37. The van der Waals surface area contributed by atoms with E-state index in [9.17, 15) is 0 Å². The fraction of sp³-hybridized carbons (Fsp3) is 0.433. The Morgan fingerprint density at radius 1 is 1.00 bits per heavy atom. The summed E-state index contributed by atoms with van der Waals surface area (Å²) in [7, 11) is 5.40. The maximum atomic E-state index is 16.0. The van der Waals surface area contributed by atoms with Crippen molar-refractivity contribution in [1.82, 2.24) is 25.2 Å². The molecule has 2 bridgehead atoms. The minimum atomic E-state index is -0.505. The van der Waals surface area contributed by atoms with E-state index in [1.807, 2.05) is 30.3 Å². The average molecular weight is 565 g/mol. The zero-order valence-corrected chi connectivity index (χ0v) is 23.8. The first-order valence-electron chi connectivity index (χ1n) is 13.7. The van der Waals surface area contributed by atoms with Crippen molar-refractivity contribution in [1.29, 1.82) is 0 Å². The highest BCUT2D eigenvalue weighted by molar-refractivity contribution is 6.36. The van der Waals surface area contributed by atoms with Gasteiger partial charge in [-0.3, -0.25) is 4.98 Å². The number of halogens is 2. The third kappa shape index (κ3) is 5.19. The molecular weight excluding hydrogens is 531 g/mol. The molecule has 1 N–H and O–H groups in total. The maximum absolute atomic E-state index is 16.0. The molecule has 0 saturated carbocycles. The first-order chi connectivity index (χ1) is 19.4. The molecule has 10 heteroatoms. The summed E-state index contributed by atoms with van der Waals surface area (Å²) in [4.78, 5) is 18.0. The van der Waals surface area contributed by atoms with Gasteiger partial charge in [0.05, 0.1) is 18.6 Å². The summed E-state index contributed by atoms with van der Waals surface area (Å²) in [6.07, 6.45) is 5.65. The number of piperazine rings is 1. The molecule has 0 amide bonds. The predicted molar refractivity (Wildman–Crippen MR) is 157 cm³/mol. The lowest BCUT2D eigenvalue weighted by Gasteiger charge is -2.34. The number of likely N-dealkylation sites (N-methyl/N-ethyl adjacent to an activating group) is 1. The van der Waals surface area contributed by atoms with Gasteiger partial charge in [0.15, 0.2) is 5.82 Å². The molecule has 0 radical (unpaired) electrons. The highest BCUT2D eigenvalue weighted by Crippen LogP contribution is 2.37. The maximum Gasteiger partial charge on any atom is 0.318 e. The quantitative estimate of drug-likeness (QED) is 0.374. The molecule has 210 valence electrons. The molecule has 0 aliphatic carbocycles. The first-order valence-corrected chi connectivity index (χ1v) is 14.1. The number of ether oxygens (including phenoxy) is 2. The number of anilines is 1. The van der Waals surface area contributed by atoms with E-state index in [4.69, 9.17) is 21.1 Å². The van der Waals surface area contributed by atoms with Crippen LogP contribution in [0.1, 0.15) is 19.3 Å². The van der Waals surface area contributed by atoms with Crippen LogP contribution in [-0.4, -0.2) is 85.5 Å². The van der Waals surface area contributed by atoms with E-state index < -0.39 is 5.82 Å². The SMILES string of the molecule is COC1CCN(C)C1.COc1nc(N2CC3CCC(C2)N3)c2cnc(-c3cccc4cccc(Cl)c34)c(F)c2n1. The molecule has 3 unspecified atom stereocenters. The Kier molecular flexibility index (Phi) is 7.72. The van der Waals surface area contributed by atoms with Gasteiger partial charge >= 0.3 is 6.01 Å². The molecule has 3 aliphatic heterocycles. The number of likely N-dealkylation sites (tertiary alicyclic amines) is 1. The number of rotatable bonds is 4. The Balaban J connectivity index is 0.000000313. The minimum absolute atomic E-state index is 0.144. The van der Waals surface area contributed by atoms with Crippen LogP contribution < -0.4 is 15.0 Å². The van der Waals surface area contributed by atoms with Crippen molar-refractivity contribution in [2.75, 3.05) is 52.3 Å². The van der Waals surface area contributed by atoms with Gasteiger partial charge in [0, 0.05) is 67.5 Å². The van der Waals surface area contributed by atoms with Crippen molar-refractivity contribution in [2.24, 2.45) is 0 Å². The molecule has 2 aromatic carbocycles. The van der Waals surface area contributed by atoms with Crippen molar-refractivity contribution >= 4 is 39.1 Å². The van der Waals surface area contributed by atoms with Gasteiger partial charge in [-0.15, -0.1) is 0 Å². The van der Waals surface area contributed by atoms with Gasteiger partial charge in [-0.2, -0.15) is 9.97 Å². The van der Waals surface area contributed by atoms with E-state index in [2.05, 4.69) is 37.1 Å². The first kappa shape index (κ1) is 27.1. The van der Waals surface area contributed by atoms with Crippen LogP contribution in [0.15, 0.2) is 42.6 Å². The lowest BCUT2D eigenvalue weighted by Crippen LogP contribution is -2.51. The summed E-state index contributed by atoms with van der Waals surface area (Å²) in [5.41, 5.74) is 1.04. The minimum Gasteiger partial charge on any atom is -0.467 e. The number of hydrogen-bond acceptors (Lipinski definition) is 8. The number of aromatic nitrogens is 3. The molecule has 8 nitrogen and oxygen atoms in total. The van der Waals surface area contributed by atoms with Crippen LogP contribution in [0.5, 0.6) is 6.01 Å². The van der Waals surface area contributed by atoms with Crippen LogP contribution in [0.25, 0.3) is 32.9 Å². The third-order valence-corrected chi connectivity index (χ3v) is 8.45. The Bertz CT molecular complexity index is 1520. The lowest BCUT2D eigenvalue weighted by molar-refractivity contribution is 0.111. The van der Waals surface area contributed by atoms with Gasteiger partial charge in [-0.25, -0.2) is 4.39 Å². The van der Waals surface area contributed by atoms with Crippen LogP contribution >= 0.6 is 11.6 Å². The predicted octanol–water partition coefficient (Wildman–Crippen LogP) is 4.92. The number of nitrogens with one attached hydrogen (secondary N) is 1. The average Bonchev–Trinajstić information content (AvgIpc) is 3.56. The summed E-state index contributed by atoms with van der Waals surface area (Å²) in [6, 6.07) is 12.3. The number of benzene rings is 2. The number of methoxy groups -OCH3 is 2.